The summed E-state index contributed by atoms with van der Waals surface area (Å²) in [5.41, 5.74) is 0.620. The van der Waals surface area contributed by atoms with E-state index >= 15 is 0 Å². The number of nitrogens with one attached hydrogen (secondary N) is 1. The van der Waals surface area contributed by atoms with Crippen LogP contribution in [0.15, 0.2) is 24.3 Å². The van der Waals surface area contributed by atoms with Crippen molar-refractivity contribution in [3.05, 3.63) is 29.8 Å². The first-order valence-corrected chi connectivity index (χ1v) is 4.32. The summed E-state index contributed by atoms with van der Waals surface area (Å²) in [7, 11) is 0. The van der Waals surface area contributed by atoms with Crippen LogP contribution in [0.3, 0.4) is 0 Å². The standard InChI is InChI=1S/C10H11NO2/c12-7-8-3-1-2-4-10(8)13-9-5-11-6-9/h1-4,7,9,11H,5-6H2. The van der Waals surface area contributed by atoms with Gasteiger partial charge in [0.1, 0.15) is 11.9 Å². The average molecular weight is 177 g/mol. The second-order valence-electron chi connectivity index (χ2n) is 3.05. The Hall–Kier alpha value is -1.35. The highest BCUT2D eigenvalue weighted by Crippen LogP contribution is 2.18. The molecule has 0 aromatic heterocycles. The second-order valence-corrected chi connectivity index (χ2v) is 3.05. The Morgan fingerprint density at radius 2 is 2.15 bits per heavy atom. The summed E-state index contributed by atoms with van der Waals surface area (Å²) in [4.78, 5) is 10.6. The van der Waals surface area contributed by atoms with Gasteiger partial charge in [0.25, 0.3) is 0 Å². The maximum atomic E-state index is 10.6. The maximum absolute atomic E-state index is 10.6. The Kier molecular flexibility index (Phi) is 2.27. The summed E-state index contributed by atoms with van der Waals surface area (Å²) in [6.45, 7) is 1.74. The highest BCUT2D eigenvalue weighted by atomic mass is 16.5. The van der Waals surface area contributed by atoms with Crippen LogP contribution in [0.4, 0.5) is 0 Å². The van der Waals surface area contributed by atoms with Gasteiger partial charge in [-0.1, -0.05) is 12.1 Å². The lowest BCUT2D eigenvalue weighted by Gasteiger charge is -2.28. The fraction of sp³-hybridized carbons (Fsp3) is 0.300. The highest BCUT2D eigenvalue weighted by Gasteiger charge is 2.19. The molecular formula is C10H11NO2. The Morgan fingerprint density at radius 1 is 1.38 bits per heavy atom. The molecule has 0 atom stereocenters. The monoisotopic (exact) mass is 177 g/mol. The van der Waals surface area contributed by atoms with E-state index in [-0.39, 0.29) is 6.10 Å². The molecule has 1 aromatic carbocycles. The van der Waals surface area contributed by atoms with Gasteiger partial charge in [0.2, 0.25) is 0 Å². The van der Waals surface area contributed by atoms with E-state index in [1.807, 2.05) is 18.2 Å². The van der Waals surface area contributed by atoms with Crippen molar-refractivity contribution >= 4 is 6.29 Å². The van der Waals surface area contributed by atoms with E-state index < -0.39 is 0 Å². The van der Waals surface area contributed by atoms with Gasteiger partial charge < -0.3 is 10.1 Å². The van der Waals surface area contributed by atoms with E-state index in [0.717, 1.165) is 19.4 Å². The Balaban J connectivity index is 2.12. The third kappa shape index (κ3) is 1.70. The van der Waals surface area contributed by atoms with Crippen molar-refractivity contribution < 1.29 is 9.53 Å². The molecule has 0 aliphatic carbocycles. The van der Waals surface area contributed by atoms with Gasteiger partial charge in [-0.25, -0.2) is 0 Å². The quantitative estimate of drug-likeness (QED) is 0.695. The Bertz CT molecular complexity index is 308. The summed E-state index contributed by atoms with van der Waals surface area (Å²) in [5.74, 6) is 0.684. The molecule has 1 aliphatic heterocycles. The molecule has 1 N–H and O–H groups in total. The second kappa shape index (κ2) is 3.58. The van der Waals surface area contributed by atoms with Gasteiger partial charge in [-0.15, -0.1) is 0 Å². The van der Waals surface area contributed by atoms with E-state index in [9.17, 15) is 4.79 Å². The van der Waals surface area contributed by atoms with Crippen LogP contribution in [-0.2, 0) is 0 Å². The zero-order valence-electron chi connectivity index (χ0n) is 7.19. The predicted octanol–water partition coefficient (Wildman–Crippen LogP) is 0.850. The van der Waals surface area contributed by atoms with Crippen molar-refractivity contribution in [2.24, 2.45) is 0 Å². The minimum Gasteiger partial charge on any atom is -0.487 e. The summed E-state index contributed by atoms with van der Waals surface area (Å²) in [6.07, 6.45) is 1.04. The van der Waals surface area contributed by atoms with Crippen LogP contribution in [0.1, 0.15) is 10.4 Å². The first-order chi connectivity index (χ1) is 6.40. The molecule has 0 bridgehead atoms. The largest absolute Gasteiger partial charge is 0.487 e. The SMILES string of the molecule is O=Cc1ccccc1OC1CNC1. The number of para-hydroxylation sites is 1. The first kappa shape index (κ1) is 8.26. The molecule has 0 spiro atoms. The summed E-state index contributed by atoms with van der Waals surface area (Å²) >= 11 is 0. The molecule has 68 valence electrons. The van der Waals surface area contributed by atoms with Gasteiger partial charge in [-0.3, -0.25) is 4.79 Å². The van der Waals surface area contributed by atoms with Crippen LogP contribution in [0.5, 0.6) is 5.75 Å². The topological polar surface area (TPSA) is 38.3 Å². The lowest BCUT2D eigenvalue weighted by atomic mass is 10.2. The van der Waals surface area contributed by atoms with Crippen LogP contribution < -0.4 is 10.1 Å². The lowest BCUT2D eigenvalue weighted by Crippen LogP contribution is -2.50. The van der Waals surface area contributed by atoms with Crippen molar-refractivity contribution in [1.29, 1.82) is 0 Å². The van der Waals surface area contributed by atoms with E-state index in [0.29, 0.717) is 11.3 Å². The van der Waals surface area contributed by atoms with Crippen molar-refractivity contribution in [2.75, 3.05) is 13.1 Å². The number of benzene rings is 1. The van der Waals surface area contributed by atoms with E-state index in [1.54, 1.807) is 6.07 Å². The molecule has 2 rings (SSSR count). The van der Waals surface area contributed by atoms with Crippen LogP contribution in [0.25, 0.3) is 0 Å². The molecule has 1 saturated heterocycles. The van der Waals surface area contributed by atoms with Gasteiger partial charge in [-0.05, 0) is 12.1 Å². The molecular weight excluding hydrogens is 166 g/mol. The zero-order chi connectivity index (χ0) is 9.10. The van der Waals surface area contributed by atoms with Crippen LogP contribution >= 0.6 is 0 Å². The lowest BCUT2D eigenvalue weighted by molar-refractivity contribution is 0.110. The van der Waals surface area contributed by atoms with E-state index in [4.69, 9.17) is 4.74 Å². The minimum absolute atomic E-state index is 0.223. The van der Waals surface area contributed by atoms with Gasteiger partial charge in [0.05, 0.1) is 5.56 Å². The highest BCUT2D eigenvalue weighted by molar-refractivity contribution is 5.79. The summed E-state index contributed by atoms with van der Waals surface area (Å²) in [6, 6.07) is 7.28. The number of carbonyl (C=O) groups is 1. The molecule has 1 aromatic rings. The Morgan fingerprint density at radius 3 is 2.77 bits per heavy atom. The van der Waals surface area contributed by atoms with Crippen molar-refractivity contribution in [1.82, 2.24) is 5.32 Å². The molecule has 3 nitrogen and oxygen atoms in total. The molecule has 3 heteroatoms. The molecule has 1 aliphatic rings. The first-order valence-electron chi connectivity index (χ1n) is 4.32. The Labute approximate surface area is 76.7 Å². The van der Waals surface area contributed by atoms with Gasteiger partial charge in [0, 0.05) is 13.1 Å². The molecule has 0 amide bonds. The molecule has 1 heterocycles. The minimum atomic E-state index is 0.223. The van der Waals surface area contributed by atoms with Gasteiger partial charge >= 0.3 is 0 Å². The van der Waals surface area contributed by atoms with Gasteiger partial charge in [-0.2, -0.15) is 0 Å². The summed E-state index contributed by atoms with van der Waals surface area (Å²) < 4.78 is 5.58. The number of carbonyl (C=O) groups excluding carboxylic acids is 1. The molecule has 1 fully saturated rings. The number of hydrogen-bond acceptors (Lipinski definition) is 3. The molecule has 0 saturated carbocycles. The van der Waals surface area contributed by atoms with Gasteiger partial charge in [0.15, 0.2) is 6.29 Å². The fourth-order valence-corrected chi connectivity index (χ4v) is 1.21. The number of hydrogen-bond donors (Lipinski definition) is 1. The number of ether oxygens (including phenoxy) is 1. The number of rotatable bonds is 3. The normalized spacial score (nSPS) is 16.3. The smallest absolute Gasteiger partial charge is 0.153 e. The van der Waals surface area contributed by atoms with E-state index in [2.05, 4.69) is 5.32 Å². The van der Waals surface area contributed by atoms with Crippen LogP contribution in [0, 0.1) is 0 Å². The third-order valence-corrected chi connectivity index (χ3v) is 2.08. The third-order valence-electron chi connectivity index (χ3n) is 2.08. The fourth-order valence-electron chi connectivity index (χ4n) is 1.21. The predicted molar refractivity (Wildman–Crippen MR) is 49.1 cm³/mol. The van der Waals surface area contributed by atoms with Crippen molar-refractivity contribution in [2.45, 2.75) is 6.10 Å². The number of aldehydes is 1. The van der Waals surface area contributed by atoms with Crippen LogP contribution in [-0.4, -0.2) is 25.5 Å². The maximum Gasteiger partial charge on any atom is 0.153 e. The summed E-state index contributed by atoms with van der Waals surface area (Å²) in [5, 5.41) is 3.11. The van der Waals surface area contributed by atoms with Crippen molar-refractivity contribution in [3.63, 3.8) is 0 Å². The molecule has 13 heavy (non-hydrogen) atoms. The van der Waals surface area contributed by atoms with Crippen LogP contribution in [0.2, 0.25) is 0 Å². The van der Waals surface area contributed by atoms with E-state index in [1.165, 1.54) is 0 Å². The molecule has 0 unspecified atom stereocenters. The average Bonchev–Trinajstić information content (AvgIpc) is 2.12. The van der Waals surface area contributed by atoms with Crippen molar-refractivity contribution in [3.8, 4) is 5.75 Å². The molecule has 0 radical (unpaired) electrons. The zero-order valence-corrected chi connectivity index (χ0v) is 7.19.